The molecule has 0 bridgehead atoms. The molecule has 0 aliphatic carbocycles. The summed E-state index contributed by atoms with van der Waals surface area (Å²) in [6.45, 7) is 3.83. The molecule has 0 aliphatic rings. The molecular formula is C21H20ClN3O2S. The van der Waals surface area contributed by atoms with Crippen LogP contribution in [0.2, 0.25) is 5.02 Å². The fourth-order valence-electron chi connectivity index (χ4n) is 2.49. The molecule has 0 fully saturated rings. The molecule has 2 aromatic carbocycles. The summed E-state index contributed by atoms with van der Waals surface area (Å²) in [7, 11) is 1.63. The second kappa shape index (κ2) is 9.08. The van der Waals surface area contributed by atoms with Crippen LogP contribution in [-0.4, -0.2) is 28.7 Å². The van der Waals surface area contributed by atoms with Crippen molar-refractivity contribution < 1.29 is 9.53 Å². The van der Waals surface area contributed by atoms with Gasteiger partial charge in [-0.25, -0.2) is 9.97 Å². The number of halogens is 1. The van der Waals surface area contributed by atoms with Crippen LogP contribution in [0.4, 0.5) is 5.69 Å². The fraction of sp³-hybridized carbons (Fsp3) is 0.190. The molecule has 1 amide bonds. The third-order valence-electron chi connectivity index (χ3n) is 3.99. The van der Waals surface area contributed by atoms with Gasteiger partial charge in [-0.05, 0) is 61.9 Å². The number of anilines is 1. The van der Waals surface area contributed by atoms with Crippen LogP contribution in [0.15, 0.2) is 53.6 Å². The van der Waals surface area contributed by atoms with Crippen molar-refractivity contribution in [3.63, 3.8) is 0 Å². The zero-order valence-corrected chi connectivity index (χ0v) is 17.4. The number of nitrogens with zero attached hydrogens (tertiary/aromatic N) is 2. The summed E-state index contributed by atoms with van der Waals surface area (Å²) in [5.41, 5.74) is 3.38. The average Bonchev–Trinajstić information content (AvgIpc) is 2.69. The highest BCUT2D eigenvalue weighted by atomic mass is 35.5. The van der Waals surface area contributed by atoms with E-state index < -0.39 is 0 Å². The summed E-state index contributed by atoms with van der Waals surface area (Å²) >= 11 is 7.47. The van der Waals surface area contributed by atoms with Crippen LogP contribution in [0.25, 0.3) is 11.4 Å². The van der Waals surface area contributed by atoms with Gasteiger partial charge >= 0.3 is 0 Å². The van der Waals surface area contributed by atoms with Crippen LogP contribution in [0.3, 0.4) is 0 Å². The Balaban J connectivity index is 1.67. The van der Waals surface area contributed by atoms with E-state index in [2.05, 4.69) is 15.3 Å². The Morgan fingerprint density at radius 1 is 1.11 bits per heavy atom. The number of carbonyl (C=O) groups excluding carboxylic acids is 1. The highest BCUT2D eigenvalue weighted by Gasteiger charge is 2.09. The van der Waals surface area contributed by atoms with Crippen molar-refractivity contribution in [3.05, 3.63) is 64.8 Å². The number of rotatable bonds is 6. The number of benzene rings is 2. The van der Waals surface area contributed by atoms with E-state index in [1.807, 2.05) is 56.3 Å². The SMILES string of the molecule is COc1ccc(-c2nc(C)cc(SCC(=O)Nc3ccc(C)c(Cl)c3)n2)cc1. The normalized spacial score (nSPS) is 10.6. The van der Waals surface area contributed by atoms with Crippen molar-refractivity contribution in [2.45, 2.75) is 18.9 Å². The number of thioether (sulfide) groups is 1. The van der Waals surface area contributed by atoms with E-state index in [1.165, 1.54) is 11.8 Å². The van der Waals surface area contributed by atoms with Gasteiger partial charge in [0.1, 0.15) is 10.8 Å². The third kappa shape index (κ3) is 5.24. The van der Waals surface area contributed by atoms with Crippen molar-refractivity contribution >= 4 is 35.0 Å². The Kier molecular flexibility index (Phi) is 6.54. The van der Waals surface area contributed by atoms with Gasteiger partial charge in [0, 0.05) is 22.0 Å². The Morgan fingerprint density at radius 2 is 1.86 bits per heavy atom. The average molecular weight is 414 g/mol. The van der Waals surface area contributed by atoms with Gasteiger partial charge in [0.15, 0.2) is 5.82 Å². The molecule has 0 atom stereocenters. The van der Waals surface area contributed by atoms with E-state index in [1.54, 1.807) is 13.2 Å². The predicted octanol–water partition coefficient (Wildman–Crippen LogP) is 5.15. The molecule has 3 aromatic rings. The molecule has 7 heteroatoms. The zero-order valence-electron chi connectivity index (χ0n) is 15.8. The van der Waals surface area contributed by atoms with Crippen LogP contribution in [0.1, 0.15) is 11.3 Å². The van der Waals surface area contributed by atoms with Crippen LogP contribution in [0, 0.1) is 13.8 Å². The number of methoxy groups -OCH3 is 1. The number of hydrogen-bond donors (Lipinski definition) is 1. The molecule has 3 rings (SSSR count). The number of aromatic nitrogens is 2. The molecule has 0 saturated heterocycles. The van der Waals surface area contributed by atoms with E-state index in [0.717, 1.165) is 27.6 Å². The van der Waals surface area contributed by atoms with Crippen molar-refractivity contribution in [1.29, 1.82) is 0 Å². The highest BCUT2D eigenvalue weighted by Crippen LogP contribution is 2.24. The minimum absolute atomic E-state index is 0.118. The smallest absolute Gasteiger partial charge is 0.234 e. The lowest BCUT2D eigenvalue weighted by Crippen LogP contribution is -2.14. The molecule has 1 heterocycles. The third-order valence-corrected chi connectivity index (χ3v) is 5.30. The predicted molar refractivity (Wildman–Crippen MR) is 114 cm³/mol. The van der Waals surface area contributed by atoms with Crippen molar-refractivity contribution in [2.75, 3.05) is 18.2 Å². The highest BCUT2D eigenvalue weighted by molar-refractivity contribution is 7.99. The van der Waals surface area contributed by atoms with Gasteiger partial charge < -0.3 is 10.1 Å². The van der Waals surface area contributed by atoms with E-state index in [9.17, 15) is 4.79 Å². The molecule has 0 spiro atoms. The van der Waals surface area contributed by atoms with E-state index >= 15 is 0 Å². The van der Waals surface area contributed by atoms with Crippen LogP contribution in [-0.2, 0) is 4.79 Å². The Bertz CT molecular complexity index is 993. The minimum Gasteiger partial charge on any atom is -0.497 e. The first-order chi connectivity index (χ1) is 13.4. The minimum atomic E-state index is -0.118. The maximum Gasteiger partial charge on any atom is 0.234 e. The largest absolute Gasteiger partial charge is 0.497 e. The topological polar surface area (TPSA) is 64.1 Å². The molecule has 0 aliphatic heterocycles. The first kappa shape index (κ1) is 20.2. The number of aryl methyl sites for hydroxylation is 2. The lowest BCUT2D eigenvalue weighted by Gasteiger charge is -2.08. The second-order valence-electron chi connectivity index (χ2n) is 6.20. The standard InChI is InChI=1S/C21H20ClN3O2S/c1-13-4-7-16(11-18(13)22)24-19(26)12-28-20-10-14(2)23-21(25-20)15-5-8-17(27-3)9-6-15/h4-11H,12H2,1-3H3,(H,24,26). The van der Waals surface area contributed by atoms with Gasteiger partial charge in [-0.15, -0.1) is 0 Å². The first-order valence-electron chi connectivity index (χ1n) is 8.63. The van der Waals surface area contributed by atoms with Gasteiger partial charge in [-0.3, -0.25) is 4.79 Å². The van der Waals surface area contributed by atoms with E-state index in [-0.39, 0.29) is 11.7 Å². The van der Waals surface area contributed by atoms with Crippen LogP contribution < -0.4 is 10.1 Å². The summed E-state index contributed by atoms with van der Waals surface area (Å²) in [6.07, 6.45) is 0. The molecule has 0 saturated carbocycles. The summed E-state index contributed by atoms with van der Waals surface area (Å²) in [5, 5.41) is 4.22. The Labute approximate surface area is 173 Å². The van der Waals surface area contributed by atoms with E-state index in [4.69, 9.17) is 16.3 Å². The van der Waals surface area contributed by atoms with Crippen LogP contribution in [0.5, 0.6) is 5.75 Å². The molecule has 0 unspecified atom stereocenters. The molecular weight excluding hydrogens is 394 g/mol. The van der Waals surface area contributed by atoms with Gasteiger partial charge in [-0.1, -0.05) is 29.4 Å². The lowest BCUT2D eigenvalue weighted by molar-refractivity contribution is -0.113. The Hall–Kier alpha value is -2.57. The van der Waals surface area contributed by atoms with Gasteiger partial charge in [0.2, 0.25) is 5.91 Å². The summed E-state index contributed by atoms with van der Waals surface area (Å²) in [5.74, 6) is 1.52. The number of nitrogens with one attached hydrogen (secondary N) is 1. The molecule has 1 N–H and O–H groups in total. The lowest BCUT2D eigenvalue weighted by atomic mass is 10.2. The summed E-state index contributed by atoms with van der Waals surface area (Å²) in [6, 6.07) is 14.9. The molecule has 28 heavy (non-hydrogen) atoms. The maximum absolute atomic E-state index is 12.3. The number of carbonyl (C=O) groups is 1. The van der Waals surface area contributed by atoms with Crippen molar-refractivity contribution in [2.24, 2.45) is 0 Å². The maximum atomic E-state index is 12.3. The number of hydrogen-bond acceptors (Lipinski definition) is 5. The zero-order chi connectivity index (χ0) is 20.1. The molecule has 5 nitrogen and oxygen atoms in total. The van der Waals surface area contributed by atoms with Gasteiger partial charge in [-0.2, -0.15) is 0 Å². The Morgan fingerprint density at radius 3 is 2.54 bits per heavy atom. The summed E-state index contributed by atoms with van der Waals surface area (Å²) < 4.78 is 5.18. The van der Waals surface area contributed by atoms with Crippen molar-refractivity contribution in [1.82, 2.24) is 9.97 Å². The number of amides is 1. The fourth-order valence-corrected chi connectivity index (χ4v) is 3.43. The van der Waals surface area contributed by atoms with Crippen LogP contribution >= 0.6 is 23.4 Å². The van der Waals surface area contributed by atoms with Crippen molar-refractivity contribution in [3.8, 4) is 17.1 Å². The van der Waals surface area contributed by atoms with Gasteiger partial charge in [0.05, 0.1) is 12.9 Å². The number of ether oxygens (including phenoxy) is 1. The quantitative estimate of drug-likeness (QED) is 0.447. The second-order valence-corrected chi connectivity index (χ2v) is 7.60. The van der Waals surface area contributed by atoms with Gasteiger partial charge in [0.25, 0.3) is 0 Å². The summed E-state index contributed by atoms with van der Waals surface area (Å²) in [4.78, 5) is 21.3. The molecule has 0 radical (unpaired) electrons. The molecule has 144 valence electrons. The monoisotopic (exact) mass is 413 g/mol. The first-order valence-corrected chi connectivity index (χ1v) is 10.00. The van der Waals surface area contributed by atoms with E-state index in [0.29, 0.717) is 16.5 Å². The molecule has 1 aromatic heterocycles.